The maximum absolute atomic E-state index is 12.8. The van der Waals surface area contributed by atoms with Crippen LogP contribution in [-0.4, -0.2) is 18.8 Å². The van der Waals surface area contributed by atoms with E-state index in [0.29, 0.717) is 0 Å². The number of hydrogen-bond acceptors (Lipinski definition) is 3. The highest BCUT2D eigenvalue weighted by atomic mass is 35.5. The van der Waals surface area contributed by atoms with Crippen molar-refractivity contribution in [1.82, 2.24) is 0 Å². The van der Waals surface area contributed by atoms with Crippen LogP contribution < -0.4 is 10.5 Å². The molecule has 0 unspecified atom stereocenters. The first kappa shape index (κ1) is 17.0. The van der Waals surface area contributed by atoms with E-state index in [2.05, 4.69) is 0 Å². The Hall–Kier alpha value is -0.980. The largest absolute Gasteiger partial charge is 0.497 e. The topological polar surface area (TPSA) is 55.5 Å². The third-order valence-corrected chi connectivity index (χ3v) is 2.41. The Morgan fingerprint density at radius 2 is 2.00 bits per heavy atom. The van der Waals surface area contributed by atoms with Crippen molar-refractivity contribution in [2.24, 2.45) is 5.73 Å². The van der Waals surface area contributed by atoms with Crippen LogP contribution in [0.2, 0.25) is 0 Å². The number of aliphatic hydroxyl groups excluding tert-OH is 1. The van der Waals surface area contributed by atoms with Crippen LogP contribution >= 0.6 is 12.4 Å². The third kappa shape index (κ3) is 4.04. The molecule has 0 heterocycles. The summed E-state index contributed by atoms with van der Waals surface area (Å²) < 4.78 is 43.1. The highest BCUT2D eigenvalue weighted by molar-refractivity contribution is 5.85. The molecule has 0 amide bonds. The summed E-state index contributed by atoms with van der Waals surface area (Å²) in [7, 11) is 1.29. The van der Waals surface area contributed by atoms with Crippen molar-refractivity contribution in [3.8, 4) is 5.75 Å². The van der Waals surface area contributed by atoms with Crippen molar-refractivity contribution in [3.63, 3.8) is 0 Å². The number of hydrogen-bond donors (Lipinski definition) is 2. The van der Waals surface area contributed by atoms with Gasteiger partial charge in [0, 0.05) is 12.6 Å². The maximum Gasteiger partial charge on any atom is 0.416 e. The highest BCUT2D eigenvalue weighted by Gasteiger charge is 2.35. The average molecular weight is 286 g/mol. The predicted molar refractivity (Wildman–Crippen MR) is 63.9 cm³/mol. The first-order valence-electron chi connectivity index (χ1n) is 5.01. The highest BCUT2D eigenvalue weighted by Crippen LogP contribution is 2.36. The summed E-state index contributed by atoms with van der Waals surface area (Å²) in [5.41, 5.74) is 4.74. The van der Waals surface area contributed by atoms with E-state index in [9.17, 15) is 13.2 Å². The van der Waals surface area contributed by atoms with Gasteiger partial charge >= 0.3 is 6.18 Å². The molecule has 1 aromatic rings. The van der Waals surface area contributed by atoms with Crippen LogP contribution in [0, 0.1) is 0 Å². The van der Waals surface area contributed by atoms with Gasteiger partial charge in [-0.05, 0) is 24.1 Å². The first-order valence-corrected chi connectivity index (χ1v) is 5.01. The number of ether oxygens (including phenoxy) is 1. The zero-order valence-electron chi connectivity index (χ0n) is 9.70. The molecule has 104 valence electrons. The fourth-order valence-corrected chi connectivity index (χ4v) is 1.53. The minimum Gasteiger partial charge on any atom is -0.497 e. The van der Waals surface area contributed by atoms with Crippen LogP contribution in [0.4, 0.5) is 13.2 Å². The van der Waals surface area contributed by atoms with Crippen LogP contribution in [0.5, 0.6) is 5.75 Å². The van der Waals surface area contributed by atoms with Crippen molar-refractivity contribution < 1.29 is 23.0 Å². The van der Waals surface area contributed by atoms with Gasteiger partial charge in [0.1, 0.15) is 5.75 Å². The van der Waals surface area contributed by atoms with Crippen LogP contribution in [0.15, 0.2) is 18.2 Å². The molecule has 0 aliphatic carbocycles. The molecule has 0 spiro atoms. The molecular weight excluding hydrogens is 271 g/mol. The first-order chi connectivity index (χ1) is 7.90. The molecule has 1 atom stereocenters. The van der Waals surface area contributed by atoms with Gasteiger partial charge in [-0.25, -0.2) is 0 Å². The van der Waals surface area contributed by atoms with Gasteiger partial charge in [-0.3, -0.25) is 0 Å². The zero-order valence-corrected chi connectivity index (χ0v) is 10.5. The smallest absolute Gasteiger partial charge is 0.416 e. The van der Waals surface area contributed by atoms with E-state index >= 15 is 0 Å². The third-order valence-electron chi connectivity index (χ3n) is 2.41. The second kappa shape index (κ2) is 6.82. The number of methoxy groups -OCH3 is 1. The maximum atomic E-state index is 12.8. The Balaban J connectivity index is 0.00000289. The fourth-order valence-electron chi connectivity index (χ4n) is 1.53. The molecule has 0 aromatic heterocycles. The summed E-state index contributed by atoms with van der Waals surface area (Å²) in [4.78, 5) is 0. The summed E-state index contributed by atoms with van der Waals surface area (Å²) >= 11 is 0. The molecule has 0 aliphatic heterocycles. The Labute approximate surface area is 109 Å². The van der Waals surface area contributed by atoms with Crippen LogP contribution in [-0.2, 0) is 6.18 Å². The number of alkyl halides is 3. The number of nitrogens with two attached hydrogens (primary N) is 1. The van der Waals surface area contributed by atoms with Gasteiger partial charge < -0.3 is 15.6 Å². The van der Waals surface area contributed by atoms with Crippen LogP contribution in [0.1, 0.15) is 23.6 Å². The molecule has 0 fully saturated rings. The summed E-state index contributed by atoms with van der Waals surface area (Å²) in [5.74, 6) is 0.122. The fraction of sp³-hybridized carbons (Fsp3) is 0.455. The Kier molecular flexibility index (Phi) is 6.45. The molecule has 7 heteroatoms. The number of benzene rings is 1. The van der Waals surface area contributed by atoms with Crippen molar-refractivity contribution in [2.45, 2.75) is 18.6 Å². The minimum absolute atomic E-state index is 0. The van der Waals surface area contributed by atoms with Gasteiger partial charge in [0.25, 0.3) is 0 Å². The standard InChI is InChI=1S/C11H14F3NO2.ClH/c1-17-7-2-3-8(10(15)4-5-16)9(6-7)11(12,13)14;/h2-3,6,10,16H,4-5,15H2,1H3;1H/t10-;/m1./s1. The van der Waals surface area contributed by atoms with E-state index in [1.165, 1.54) is 19.2 Å². The second-order valence-electron chi connectivity index (χ2n) is 3.57. The van der Waals surface area contributed by atoms with E-state index in [4.69, 9.17) is 15.6 Å². The van der Waals surface area contributed by atoms with Crippen molar-refractivity contribution in [2.75, 3.05) is 13.7 Å². The molecule has 18 heavy (non-hydrogen) atoms. The van der Waals surface area contributed by atoms with E-state index in [1.54, 1.807) is 0 Å². The summed E-state index contributed by atoms with van der Waals surface area (Å²) in [5, 5.41) is 8.71. The van der Waals surface area contributed by atoms with E-state index in [1.807, 2.05) is 0 Å². The van der Waals surface area contributed by atoms with Crippen molar-refractivity contribution >= 4 is 12.4 Å². The van der Waals surface area contributed by atoms with Gasteiger partial charge in [0.15, 0.2) is 0 Å². The summed E-state index contributed by atoms with van der Waals surface area (Å²) in [6.45, 7) is -0.259. The quantitative estimate of drug-likeness (QED) is 0.894. The summed E-state index contributed by atoms with van der Waals surface area (Å²) in [6.07, 6.45) is -4.41. The molecule has 0 bridgehead atoms. The van der Waals surface area contributed by atoms with Gasteiger partial charge in [0.2, 0.25) is 0 Å². The van der Waals surface area contributed by atoms with Gasteiger partial charge in [-0.1, -0.05) is 6.07 Å². The van der Waals surface area contributed by atoms with Crippen molar-refractivity contribution in [1.29, 1.82) is 0 Å². The van der Waals surface area contributed by atoms with E-state index in [0.717, 1.165) is 6.07 Å². The summed E-state index contributed by atoms with van der Waals surface area (Å²) in [6, 6.07) is 2.76. The lowest BCUT2D eigenvalue weighted by Gasteiger charge is -2.18. The lowest BCUT2D eigenvalue weighted by molar-refractivity contribution is -0.138. The molecule has 1 aromatic carbocycles. The van der Waals surface area contributed by atoms with Gasteiger partial charge in [-0.15, -0.1) is 12.4 Å². The molecule has 0 radical (unpaired) electrons. The molecule has 1 rings (SSSR count). The molecule has 0 saturated heterocycles. The van der Waals surface area contributed by atoms with E-state index in [-0.39, 0.29) is 36.7 Å². The minimum atomic E-state index is -4.49. The Morgan fingerprint density at radius 1 is 1.39 bits per heavy atom. The Bertz CT molecular complexity index is 385. The number of halogens is 4. The van der Waals surface area contributed by atoms with Crippen LogP contribution in [0.25, 0.3) is 0 Å². The lowest BCUT2D eigenvalue weighted by Crippen LogP contribution is -2.18. The van der Waals surface area contributed by atoms with E-state index < -0.39 is 17.8 Å². The number of rotatable bonds is 4. The average Bonchev–Trinajstić information content (AvgIpc) is 2.27. The van der Waals surface area contributed by atoms with Gasteiger partial charge in [-0.2, -0.15) is 13.2 Å². The predicted octanol–water partition coefficient (Wildman–Crippen LogP) is 2.52. The zero-order chi connectivity index (χ0) is 13.1. The monoisotopic (exact) mass is 285 g/mol. The molecular formula is C11H15ClF3NO2. The SMILES string of the molecule is COc1ccc([C@H](N)CCO)c(C(F)(F)F)c1.Cl. The van der Waals surface area contributed by atoms with Crippen LogP contribution in [0.3, 0.4) is 0 Å². The molecule has 3 N–H and O–H groups in total. The van der Waals surface area contributed by atoms with Gasteiger partial charge in [0.05, 0.1) is 12.7 Å². The second-order valence-corrected chi connectivity index (χ2v) is 3.57. The lowest BCUT2D eigenvalue weighted by atomic mass is 9.98. The van der Waals surface area contributed by atoms with Crippen molar-refractivity contribution in [3.05, 3.63) is 29.3 Å². The molecule has 0 aliphatic rings. The Morgan fingerprint density at radius 3 is 2.44 bits per heavy atom. The molecule has 0 saturated carbocycles. The number of aliphatic hydroxyl groups is 1. The normalized spacial score (nSPS) is 12.8. The molecule has 3 nitrogen and oxygen atoms in total.